The molecule has 4 aromatic rings. The first-order chi connectivity index (χ1) is 16.9. The molecule has 0 aliphatic carbocycles. The van der Waals surface area contributed by atoms with E-state index in [-0.39, 0.29) is 144 Å². The zero-order valence-electron chi connectivity index (χ0n) is 20.6. The van der Waals surface area contributed by atoms with Gasteiger partial charge in [0.1, 0.15) is 12.4 Å². The number of methoxy groups -OCH3 is 1. The normalized spacial score (nSPS) is 10.2. The predicted molar refractivity (Wildman–Crippen MR) is 122 cm³/mol. The number of carbonyl (C=O) groups is 2. The number of Topliss-reactive ketones (excluding diaryl/α,β-unsaturated/α-hetero) is 1. The first-order valence-corrected chi connectivity index (χ1v) is 10.6. The molecule has 0 saturated heterocycles. The van der Waals surface area contributed by atoms with Gasteiger partial charge in [-0.05, 0) is 52.7 Å². The zero-order chi connectivity index (χ0) is 24.9. The van der Waals surface area contributed by atoms with Gasteiger partial charge in [-0.15, -0.1) is 0 Å². The summed E-state index contributed by atoms with van der Waals surface area (Å²) in [4.78, 5) is 44.2. The molecule has 0 unspecified atom stereocenters. The molecule has 1 aromatic heterocycles. The second kappa shape index (κ2) is 14.8. The topological polar surface area (TPSA) is 120 Å². The molecule has 0 amide bonds. The maximum absolute atomic E-state index is 14.5. The molecule has 0 fully saturated rings. The smallest absolute Gasteiger partial charge is 0.545 e. The zero-order valence-corrected chi connectivity index (χ0v) is 26.9. The van der Waals surface area contributed by atoms with E-state index in [1.54, 1.807) is 13.2 Å². The number of carbonyl (C=O) groups excluding carboxylic acids is 2. The Morgan fingerprint density at radius 2 is 1.76 bits per heavy atom. The molecule has 0 atom stereocenters. The van der Waals surface area contributed by atoms with Crippen molar-refractivity contribution in [1.29, 1.82) is 0 Å². The van der Waals surface area contributed by atoms with Gasteiger partial charge in [-0.1, -0.05) is 42.5 Å². The van der Waals surface area contributed by atoms with Crippen LogP contribution >= 0.6 is 0 Å². The molecule has 0 aliphatic heterocycles. The van der Waals surface area contributed by atoms with Crippen LogP contribution in [0.3, 0.4) is 0 Å². The van der Waals surface area contributed by atoms with Gasteiger partial charge in [-0.2, -0.15) is 0 Å². The number of hydrogen-bond acceptors (Lipinski definition) is 7. The number of carboxylic acid groups (broad SMARTS) is 1. The third kappa shape index (κ3) is 8.12. The van der Waals surface area contributed by atoms with Crippen molar-refractivity contribution in [3.63, 3.8) is 0 Å². The molecule has 0 aliphatic rings. The van der Waals surface area contributed by atoms with Crippen molar-refractivity contribution in [2.45, 2.75) is 19.4 Å². The summed E-state index contributed by atoms with van der Waals surface area (Å²) in [6, 6.07) is 15.3. The average Bonchev–Trinajstić information content (AvgIpc) is 2.87. The molecular formula is C26H19FK2N2O6. The van der Waals surface area contributed by atoms with Crippen molar-refractivity contribution >= 4 is 22.7 Å². The van der Waals surface area contributed by atoms with E-state index in [0.29, 0.717) is 17.7 Å². The van der Waals surface area contributed by atoms with E-state index in [9.17, 15) is 23.9 Å². The average molecular weight is 553 g/mol. The van der Waals surface area contributed by atoms with Gasteiger partial charge in [0.05, 0.1) is 18.5 Å². The molecule has 1 heterocycles. The third-order valence-electron chi connectivity index (χ3n) is 5.33. The van der Waals surface area contributed by atoms with Crippen LogP contribution in [-0.2, 0) is 13.0 Å². The van der Waals surface area contributed by atoms with E-state index in [1.165, 1.54) is 30.3 Å². The fourth-order valence-corrected chi connectivity index (χ4v) is 3.49. The number of ether oxygens (including phenoxy) is 2. The Morgan fingerprint density at radius 3 is 2.43 bits per heavy atom. The number of hydrogen-bond donors (Lipinski definition) is 0. The van der Waals surface area contributed by atoms with Gasteiger partial charge >= 0.3 is 103 Å². The number of nitrogens with zero attached hydrogens (tertiary/aromatic N) is 2. The molecule has 8 nitrogen and oxygen atoms in total. The first kappa shape index (κ1) is 32.0. The van der Waals surface area contributed by atoms with Crippen LogP contribution < -0.4 is 128 Å². The van der Waals surface area contributed by atoms with Crippen LogP contribution in [0.2, 0.25) is 0 Å². The molecule has 0 radical (unpaired) electrons. The number of benzene rings is 3. The third-order valence-corrected chi connectivity index (χ3v) is 5.33. The van der Waals surface area contributed by atoms with Crippen molar-refractivity contribution < 1.29 is 131 Å². The van der Waals surface area contributed by atoms with Gasteiger partial charge < -0.3 is 29.3 Å². The molecule has 37 heavy (non-hydrogen) atoms. The van der Waals surface area contributed by atoms with E-state index < -0.39 is 23.1 Å². The summed E-state index contributed by atoms with van der Waals surface area (Å²) in [5.74, 6) is -2.45. The molecule has 178 valence electrons. The molecule has 3 aromatic carbocycles. The van der Waals surface area contributed by atoms with Crippen LogP contribution in [0.15, 0.2) is 65.5 Å². The molecule has 0 saturated carbocycles. The van der Waals surface area contributed by atoms with Crippen LogP contribution in [0, 0.1) is 5.82 Å². The number of fused-ring (bicyclic) bond motifs is 1. The van der Waals surface area contributed by atoms with Crippen LogP contribution in [0.1, 0.15) is 38.5 Å². The maximum Gasteiger partial charge on any atom is 1.00 e. The van der Waals surface area contributed by atoms with Gasteiger partial charge in [0.25, 0.3) is 0 Å². The number of aryl methyl sites for hydroxylation is 1. The second-order valence-electron chi connectivity index (χ2n) is 7.67. The Labute approximate surface area is 296 Å². The Kier molecular flexibility index (Phi) is 12.8. The number of aromatic carboxylic acids is 1. The van der Waals surface area contributed by atoms with Crippen molar-refractivity contribution in [2.24, 2.45) is 0 Å². The van der Waals surface area contributed by atoms with E-state index >= 15 is 0 Å². The second-order valence-corrected chi connectivity index (χ2v) is 7.67. The van der Waals surface area contributed by atoms with Crippen LogP contribution in [-0.4, -0.2) is 23.8 Å². The summed E-state index contributed by atoms with van der Waals surface area (Å²) in [5, 5.41) is 10.7. The van der Waals surface area contributed by atoms with Crippen molar-refractivity contribution in [3.8, 4) is 11.5 Å². The first-order valence-electron chi connectivity index (χ1n) is 10.6. The number of ketones is 1. The molecule has 0 N–H and O–H groups in total. The number of carboxylic acids is 1. The minimum Gasteiger partial charge on any atom is -0.545 e. The SMILES string of the molecule is COc1cccc(CCC(=O)c2nc3ccc(F)c(OCc4ccc(C(=O)[O-])cc4)c3c(=O)[n-]2)c1.[K+].[K+]. The number of rotatable bonds is 9. The molecule has 4 rings (SSSR count). The standard InChI is InChI=1S/C26H21FN2O6.2K/c1-34-18-4-2-3-15(13-18)7-12-21(30)24-28-20-11-10-19(27)23(22(20)25(31)29-24)35-14-16-5-8-17(9-6-16)26(32)33;;/h2-6,8-11,13H,7,12,14H2,1H3,(H2,28,29,31,32,33);;/q;2*+1/p-2. The van der Waals surface area contributed by atoms with Crippen molar-refractivity contribution in [3.05, 3.63) is 99.3 Å². The van der Waals surface area contributed by atoms with Crippen molar-refractivity contribution in [2.75, 3.05) is 7.11 Å². The van der Waals surface area contributed by atoms with Gasteiger partial charge in [0, 0.05) is 6.42 Å². The minimum atomic E-state index is -1.32. The quantitative estimate of drug-likeness (QED) is 0.155. The van der Waals surface area contributed by atoms with Crippen molar-refractivity contribution in [1.82, 2.24) is 9.97 Å². The van der Waals surface area contributed by atoms with E-state index in [4.69, 9.17) is 9.47 Å². The van der Waals surface area contributed by atoms with Gasteiger partial charge in [0.15, 0.2) is 22.9 Å². The Balaban J connectivity index is 0.00000241. The summed E-state index contributed by atoms with van der Waals surface area (Å²) >= 11 is 0. The number of halogens is 1. The fourth-order valence-electron chi connectivity index (χ4n) is 3.49. The summed E-state index contributed by atoms with van der Waals surface area (Å²) in [6.07, 6.45) is 0.477. The summed E-state index contributed by atoms with van der Waals surface area (Å²) in [6.45, 7) is -0.135. The van der Waals surface area contributed by atoms with E-state index in [2.05, 4.69) is 9.97 Å². The largest absolute Gasteiger partial charge is 1.00 e. The van der Waals surface area contributed by atoms with E-state index in [1.807, 2.05) is 18.2 Å². The molecule has 11 heteroatoms. The van der Waals surface area contributed by atoms with Gasteiger partial charge in [-0.25, -0.2) is 4.39 Å². The predicted octanol–water partition coefficient (Wildman–Crippen LogP) is -3.53. The van der Waals surface area contributed by atoms with Crippen LogP contribution in [0.25, 0.3) is 10.9 Å². The minimum absolute atomic E-state index is 0. The van der Waals surface area contributed by atoms with Gasteiger partial charge in [0.2, 0.25) is 0 Å². The maximum atomic E-state index is 14.5. The van der Waals surface area contributed by atoms with Gasteiger partial charge in [-0.3, -0.25) is 9.59 Å². The molecular weight excluding hydrogens is 533 g/mol. The molecule has 0 bridgehead atoms. The summed E-state index contributed by atoms with van der Waals surface area (Å²) < 4.78 is 25.2. The molecule has 0 spiro atoms. The van der Waals surface area contributed by atoms with Crippen LogP contribution in [0.4, 0.5) is 4.39 Å². The summed E-state index contributed by atoms with van der Waals surface area (Å²) in [5.41, 5.74) is 0.666. The monoisotopic (exact) mass is 552 g/mol. The fraction of sp³-hybridized carbons (Fsp3) is 0.154. The van der Waals surface area contributed by atoms with Crippen LogP contribution in [0.5, 0.6) is 11.5 Å². The summed E-state index contributed by atoms with van der Waals surface area (Å²) in [7, 11) is 1.55. The number of aromatic nitrogens is 2. The Morgan fingerprint density at radius 1 is 1.03 bits per heavy atom. The Bertz CT molecular complexity index is 1470. The van der Waals surface area contributed by atoms with E-state index in [0.717, 1.165) is 11.6 Å². The Hall–Kier alpha value is -1.26.